The maximum absolute atomic E-state index is 12.6. The molecule has 0 bridgehead atoms. The molecule has 1 amide bonds. The lowest BCUT2D eigenvalue weighted by Crippen LogP contribution is -2.33. The quantitative estimate of drug-likeness (QED) is 0.0580. The molecule has 256 valence electrons. The number of amides is 1. The average molecular weight is 611 g/mol. The van der Waals surface area contributed by atoms with Crippen LogP contribution in [-0.4, -0.2) is 62.3 Å². The van der Waals surface area contributed by atoms with Crippen LogP contribution in [0.4, 0.5) is 0 Å². The molecular formula is C37H74N2O4. The van der Waals surface area contributed by atoms with E-state index in [0.717, 1.165) is 51.7 Å². The normalized spacial score (nSPS) is 12.1. The van der Waals surface area contributed by atoms with Gasteiger partial charge in [-0.05, 0) is 77.9 Å². The van der Waals surface area contributed by atoms with E-state index < -0.39 is 0 Å². The number of nitrogens with zero attached hydrogens (tertiary/aromatic N) is 1. The van der Waals surface area contributed by atoms with E-state index in [9.17, 15) is 9.59 Å². The number of hydrogen-bond donors (Lipinski definition) is 1. The molecule has 0 saturated carbocycles. The van der Waals surface area contributed by atoms with E-state index in [2.05, 4.69) is 31.0 Å². The summed E-state index contributed by atoms with van der Waals surface area (Å²) in [6.45, 7) is 13.4. The van der Waals surface area contributed by atoms with Crippen molar-refractivity contribution in [3.8, 4) is 0 Å². The van der Waals surface area contributed by atoms with Crippen LogP contribution in [0, 0.1) is 0 Å². The summed E-state index contributed by atoms with van der Waals surface area (Å²) in [7, 11) is 0. The molecule has 0 rings (SSSR count). The van der Waals surface area contributed by atoms with Gasteiger partial charge in [0.05, 0.1) is 0 Å². The summed E-state index contributed by atoms with van der Waals surface area (Å²) in [5.74, 6) is 0.00520. The highest BCUT2D eigenvalue weighted by molar-refractivity contribution is 5.77. The fraction of sp³-hybridized carbons (Fsp3) is 0.946. The van der Waals surface area contributed by atoms with Gasteiger partial charge in [-0.3, -0.25) is 9.59 Å². The van der Waals surface area contributed by atoms with Gasteiger partial charge >= 0.3 is 5.97 Å². The first-order valence-corrected chi connectivity index (χ1v) is 18.8. The van der Waals surface area contributed by atoms with Crippen LogP contribution in [0.15, 0.2) is 0 Å². The van der Waals surface area contributed by atoms with Gasteiger partial charge in [0.2, 0.25) is 5.91 Å². The Hall–Kier alpha value is -1.14. The third-order valence-electron chi connectivity index (χ3n) is 8.40. The zero-order valence-corrected chi connectivity index (χ0v) is 29.4. The monoisotopic (exact) mass is 611 g/mol. The molecule has 1 unspecified atom stereocenters. The van der Waals surface area contributed by atoms with Crippen molar-refractivity contribution in [3.05, 3.63) is 0 Å². The van der Waals surface area contributed by atoms with Gasteiger partial charge in [-0.1, -0.05) is 117 Å². The molecular weight excluding hydrogens is 536 g/mol. The third kappa shape index (κ3) is 30.7. The van der Waals surface area contributed by atoms with Gasteiger partial charge in [0, 0.05) is 19.6 Å². The highest BCUT2D eigenvalue weighted by Gasteiger charge is 2.14. The Labute approximate surface area is 268 Å². The largest absolute Gasteiger partial charge is 0.462 e. The second-order valence-corrected chi connectivity index (χ2v) is 12.6. The number of ether oxygens (including phenoxy) is 2. The average Bonchev–Trinajstić information content (AvgIpc) is 3.00. The molecule has 1 atom stereocenters. The van der Waals surface area contributed by atoms with Crippen LogP contribution >= 0.6 is 0 Å². The van der Waals surface area contributed by atoms with Crippen molar-refractivity contribution in [2.45, 2.75) is 188 Å². The van der Waals surface area contributed by atoms with Crippen molar-refractivity contribution < 1.29 is 19.1 Å². The number of carbonyl (C=O) groups excluding carboxylic acids is 2. The van der Waals surface area contributed by atoms with Crippen molar-refractivity contribution >= 4 is 11.9 Å². The van der Waals surface area contributed by atoms with Gasteiger partial charge in [-0.2, -0.15) is 0 Å². The Bertz CT molecular complexity index is 601. The summed E-state index contributed by atoms with van der Waals surface area (Å²) in [5.41, 5.74) is 0. The Balaban J connectivity index is 4.24. The Morgan fingerprint density at radius 2 is 1.05 bits per heavy atom. The van der Waals surface area contributed by atoms with Crippen LogP contribution in [-0.2, 0) is 19.1 Å². The fourth-order valence-electron chi connectivity index (χ4n) is 5.64. The summed E-state index contributed by atoms with van der Waals surface area (Å²) in [6, 6.07) is 0. The summed E-state index contributed by atoms with van der Waals surface area (Å²) in [6.07, 6.45) is 28.6. The standard InChI is InChI=1S/C37H74N2O4/c1-5-9-12-15-19-24-31-39(33-26-30-38-36(40)34-42-8-4)32-25-20-16-18-23-29-37(41)43-35(27-21-14-11-7-3)28-22-17-13-10-6-2/h35H,5-34H2,1-4H3,(H,38,40). The molecule has 0 radical (unpaired) electrons. The first-order valence-electron chi connectivity index (χ1n) is 18.8. The van der Waals surface area contributed by atoms with Crippen LogP contribution in [0.1, 0.15) is 182 Å². The van der Waals surface area contributed by atoms with Gasteiger partial charge in [0.1, 0.15) is 12.7 Å². The summed E-state index contributed by atoms with van der Waals surface area (Å²) >= 11 is 0. The summed E-state index contributed by atoms with van der Waals surface area (Å²) in [5, 5.41) is 2.98. The van der Waals surface area contributed by atoms with Crippen LogP contribution in [0.5, 0.6) is 0 Å². The first-order chi connectivity index (χ1) is 21.1. The minimum atomic E-state index is -0.0156. The second-order valence-electron chi connectivity index (χ2n) is 12.6. The Morgan fingerprint density at radius 3 is 1.60 bits per heavy atom. The number of hydrogen-bond acceptors (Lipinski definition) is 5. The van der Waals surface area contributed by atoms with E-state index in [4.69, 9.17) is 9.47 Å². The van der Waals surface area contributed by atoms with Crippen molar-refractivity contribution in [1.29, 1.82) is 0 Å². The van der Waals surface area contributed by atoms with Crippen LogP contribution in [0.2, 0.25) is 0 Å². The Morgan fingerprint density at radius 1 is 0.581 bits per heavy atom. The molecule has 1 N–H and O–H groups in total. The highest BCUT2D eigenvalue weighted by Crippen LogP contribution is 2.17. The van der Waals surface area contributed by atoms with Crippen molar-refractivity contribution in [3.63, 3.8) is 0 Å². The number of nitrogens with one attached hydrogen (secondary N) is 1. The topological polar surface area (TPSA) is 67.9 Å². The van der Waals surface area contributed by atoms with Crippen molar-refractivity contribution in [2.75, 3.05) is 39.4 Å². The second kappa shape index (κ2) is 33.7. The molecule has 0 fully saturated rings. The number of esters is 1. The Kier molecular flexibility index (Phi) is 32.9. The molecule has 6 heteroatoms. The van der Waals surface area contributed by atoms with Crippen molar-refractivity contribution in [2.24, 2.45) is 0 Å². The van der Waals surface area contributed by atoms with E-state index in [1.807, 2.05) is 6.92 Å². The van der Waals surface area contributed by atoms with Crippen LogP contribution in [0.3, 0.4) is 0 Å². The van der Waals surface area contributed by atoms with Crippen LogP contribution < -0.4 is 5.32 Å². The molecule has 0 aliphatic heterocycles. The molecule has 0 spiro atoms. The molecule has 0 aromatic carbocycles. The fourth-order valence-corrected chi connectivity index (χ4v) is 5.64. The van der Waals surface area contributed by atoms with Gasteiger partial charge in [-0.25, -0.2) is 0 Å². The van der Waals surface area contributed by atoms with Gasteiger partial charge in [0.15, 0.2) is 0 Å². The maximum atomic E-state index is 12.6. The molecule has 0 aromatic rings. The lowest BCUT2D eigenvalue weighted by Gasteiger charge is -2.22. The SMILES string of the molecule is CCCCCCCCN(CCCCCCCC(=O)OC(CCCCCC)CCCCCCC)CCCNC(=O)COCC. The van der Waals surface area contributed by atoms with E-state index in [0.29, 0.717) is 19.6 Å². The molecule has 0 saturated heterocycles. The highest BCUT2D eigenvalue weighted by atomic mass is 16.5. The van der Waals surface area contributed by atoms with Gasteiger partial charge in [-0.15, -0.1) is 0 Å². The minimum Gasteiger partial charge on any atom is -0.462 e. The lowest BCUT2D eigenvalue weighted by atomic mass is 10.0. The number of unbranched alkanes of at least 4 members (excludes halogenated alkanes) is 16. The first kappa shape index (κ1) is 41.9. The maximum Gasteiger partial charge on any atom is 0.306 e. The third-order valence-corrected chi connectivity index (χ3v) is 8.40. The van der Waals surface area contributed by atoms with Gasteiger partial charge in [0.25, 0.3) is 0 Å². The smallest absolute Gasteiger partial charge is 0.306 e. The zero-order valence-electron chi connectivity index (χ0n) is 29.4. The number of rotatable bonds is 34. The van der Waals surface area contributed by atoms with E-state index in [-0.39, 0.29) is 24.6 Å². The van der Waals surface area contributed by atoms with Gasteiger partial charge < -0.3 is 19.7 Å². The molecule has 0 aliphatic carbocycles. The molecule has 6 nitrogen and oxygen atoms in total. The van der Waals surface area contributed by atoms with E-state index in [1.165, 1.54) is 116 Å². The van der Waals surface area contributed by atoms with E-state index in [1.54, 1.807) is 0 Å². The molecule has 43 heavy (non-hydrogen) atoms. The number of carbonyl (C=O) groups is 2. The predicted octanol–water partition coefficient (Wildman–Crippen LogP) is 9.78. The lowest BCUT2D eigenvalue weighted by molar-refractivity contribution is -0.150. The molecule has 0 heterocycles. The zero-order chi connectivity index (χ0) is 31.6. The summed E-state index contributed by atoms with van der Waals surface area (Å²) < 4.78 is 11.2. The predicted molar refractivity (Wildman–Crippen MR) is 184 cm³/mol. The summed E-state index contributed by atoms with van der Waals surface area (Å²) in [4.78, 5) is 27.0. The van der Waals surface area contributed by atoms with Crippen molar-refractivity contribution in [1.82, 2.24) is 10.2 Å². The van der Waals surface area contributed by atoms with E-state index >= 15 is 0 Å². The molecule has 0 aliphatic rings. The minimum absolute atomic E-state index is 0.0156. The van der Waals surface area contributed by atoms with Crippen LogP contribution in [0.25, 0.3) is 0 Å². The molecule has 0 aromatic heterocycles.